The van der Waals surface area contributed by atoms with Gasteiger partial charge in [-0.05, 0) is 56.3 Å². The Kier molecular flexibility index (Phi) is 4.15. The first-order chi connectivity index (χ1) is 10.1. The smallest absolute Gasteiger partial charge is 0.209 e. The zero-order valence-corrected chi connectivity index (χ0v) is 13.0. The van der Waals surface area contributed by atoms with Crippen molar-refractivity contribution in [1.82, 2.24) is 9.88 Å². The predicted octanol–water partition coefficient (Wildman–Crippen LogP) is 3.67. The number of oxazole rings is 1. The maximum Gasteiger partial charge on any atom is 0.209 e. The Morgan fingerprint density at radius 3 is 2.95 bits per heavy atom. The molecule has 1 aliphatic heterocycles. The van der Waals surface area contributed by atoms with Crippen LogP contribution in [0.3, 0.4) is 0 Å². The van der Waals surface area contributed by atoms with Gasteiger partial charge < -0.3 is 10.2 Å². The molecule has 21 heavy (non-hydrogen) atoms. The largest absolute Gasteiger partial charge is 0.439 e. The van der Waals surface area contributed by atoms with Gasteiger partial charge in [0.2, 0.25) is 5.89 Å². The summed E-state index contributed by atoms with van der Waals surface area (Å²) >= 11 is 0. The molecular weight excluding hydrogens is 262 g/mol. The number of aromatic nitrogens is 1. The average Bonchev–Trinajstić information content (AvgIpc) is 2.71. The lowest BCUT2D eigenvalue weighted by atomic mass is 9.89. The summed E-state index contributed by atoms with van der Waals surface area (Å²) < 4.78 is 5.83. The number of anilines is 1. The van der Waals surface area contributed by atoms with Crippen molar-refractivity contribution in [3.05, 3.63) is 24.1 Å². The van der Waals surface area contributed by atoms with Gasteiger partial charge in [-0.2, -0.15) is 0 Å². The van der Waals surface area contributed by atoms with Crippen molar-refractivity contribution in [2.75, 3.05) is 18.8 Å². The van der Waals surface area contributed by atoms with Crippen LogP contribution in [0.4, 0.5) is 5.69 Å². The summed E-state index contributed by atoms with van der Waals surface area (Å²) in [6, 6.07) is 5.71. The van der Waals surface area contributed by atoms with Crippen LogP contribution >= 0.6 is 0 Å². The molecule has 2 N–H and O–H groups in total. The molecule has 4 nitrogen and oxygen atoms in total. The predicted molar refractivity (Wildman–Crippen MR) is 85.9 cm³/mol. The molecule has 4 heteroatoms. The van der Waals surface area contributed by atoms with Gasteiger partial charge in [0.1, 0.15) is 5.52 Å². The van der Waals surface area contributed by atoms with E-state index in [4.69, 9.17) is 10.2 Å². The third-order valence-electron chi connectivity index (χ3n) is 4.66. The Balaban J connectivity index is 1.69. The van der Waals surface area contributed by atoms with E-state index < -0.39 is 0 Å². The Hall–Kier alpha value is -1.55. The topological polar surface area (TPSA) is 55.3 Å². The molecule has 1 atom stereocenters. The summed E-state index contributed by atoms with van der Waals surface area (Å²) in [7, 11) is 0. The second-order valence-corrected chi connectivity index (χ2v) is 6.51. The number of nitrogen functional groups attached to an aromatic ring is 1. The number of benzene rings is 1. The van der Waals surface area contributed by atoms with E-state index in [0.29, 0.717) is 5.69 Å². The molecule has 1 aromatic carbocycles. The molecule has 1 aromatic heterocycles. The van der Waals surface area contributed by atoms with Gasteiger partial charge in [-0.15, -0.1) is 0 Å². The van der Waals surface area contributed by atoms with Crippen molar-refractivity contribution in [1.29, 1.82) is 0 Å². The van der Waals surface area contributed by atoms with Crippen molar-refractivity contribution < 1.29 is 4.42 Å². The minimum Gasteiger partial charge on any atom is -0.439 e. The molecule has 1 unspecified atom stereocenters. The minimum absolute atomic E-state index is 0.693. The van der Waals surface area contributed by atoms with Crippen LogP contribution in [0, 0.1) is 11.8 Å². The van der Waals surface area contributed by atoms with E-state index in [2.05, 4.69) is 23.7 Å². The fourth-order valence-corrected chi connectivity index (χ4v) is 3.28. The van der Waals surface area contributed by atoms with E-state index in [9.17, 15) is 0 Å². The number of fused-ring (bicyclic) bond motifs is 1. The van der Waals surface area contributed by atoms with Crippen LogP contribution in [0.25, 0.3) is 11.1 Å². The molecule has 1 aliphatic rings. The molecule has 0 spiro atoms. The molecule has 1 fully saturated rings. The third-order valence-corrected chi connectivity index (χ3v) is 4.66. The van der Waals surface area contributed by atoms with Crippen molar-refractivity contribution >= 4 is 16.8 Å². The monoisotopic (exact) mass is 287 g/mol. The molecule has 0 radical (unpaired) electrons. The summed E-state index contributed by atoms with van der Waals surface area (Å²) in [5.74, 6) is 2.43. The van der Waals surface area contributed by atoms with Gasteiger partial charge in [0, 0.05) is 0 Å². The zero-order valence-electron chi connectivity index (χ0n) is 13.0. The van der Waals surface area contributed by atoms with E-state index >= 15 is 0 Å². The lowest BCUT2D eigenvalue weighted by molar-refractivity contribution is 0.242. The van der Waals surface area contributed by atoms with Crippen LogP contribution in [-0.2, 0) is 6.54 Å². The van der Waals surface area contributed by atoms with Crippen molar-refractivity contribution in [3.8, 4) is 0 Å². The number of nitrogens with two attached hydrogens (primary N) is 1. The SMILES string of the molecule is CC(C)C1CCCN(Cc2nc3c(N)cccc3o2)CC1. The van der Waals surface area contributed by atoms with Crippen LogP contribution in [0.2, 0.25) is 0 Å². The zero-order chi connectivity index (χ0) is 14.8. The van der Waals surface area contributed by atoms with Crippen molar-refractivity contribution in [3.63, 3.8) is 0 Å². The molecule has 0 aliphatic carbocycles. The quantitative estimate of drug-likeness (QED) is 0.875. The van der Waals surface area contributed by atoms with E-state index in [1.54, 1.807) is 0 Å². The molecule has 3 rings (SSSR count). The number of hydrogen-bond acceptors (Lipinski definition) is 4. The second kappa shape index (κ2) is 6.06. The minimum atomic E-state index is 0.693. The standard InChI is InChI=1S/C17H25N3O/c1-12(2)13-5-4-9-20(10-8-13)11-16-19-17-14(18)6-3-7-15(17)21-16/h3,6-7,12-13H,4-5,8-11,18H2,1-2H3. The second-order valence-electron chi connectivity index (χ2n) is 6.51. The van der Waals surface area contributed by atoms with E-state index in [-0.39, 0.29) is 0 Å². The Labute approximate surface area is 126 Å². The van der Waals surface area contributed by atoms with E-state index in [1.807, 2.05) is 18.2 Å². The highest BCUT2D eigenvalue weighted by Gasteiger charge is 2.20. The van der Waals surface area contributed by atoms with Crippen molar-refractivity contribution in [2.45, 2.75) is 39.7 Å². The van der Waals surface area contributed by atoms with Crippen LogP contribution in [0.5, 0.6) is 0 Å². The first-order valence-electron chi connectivity index (χ1n) is 7.99. The maximum absolute atomic E-state index is 5.94. The molecule has 2 aromatic rings. The van der Waals surface area contributed by atoms with Crippen molar-refractivity contribution in [2.24, 2.45) is 11.8 Å². The molecule has 1 saturated heterocycles. The highest BCUT2D eigenvalue weighted by Crippen LogP contribution is 2.26. The van der Waals surface area contributed by atoms with Gasteiger partial charge >= 0.3 is 0 Å². The molecule has 0 bridgehead atoms. The van der Waals surface area contributed by atoms with E-state index in [1.165, 1.54) is 19.3 Å². The van der Waals surface area contributed by atoms with E-state index in [0.717, 1.165) is 48.5 Å². The van der Waals surface area contributed by atoms with Crippen LogP contribution < -0.4 is 5.73 Å². The summed E-state index contributed by atoms with van der Waals surface area (Å²) in [5, 5.41) is 0. The highest BCUT2D eigenvalue weighted by molar-refractivity contribution is 5.85. The number of nitrogens with zero attached hydrogens (tertiary/aromatic N) is 2. The molecule has 0 saturated carbocycles. The lowest BCUT2D eigenvalue weighted by Crippen LogP contribution is -2.24. The fourth-order valence-electron chi connectivity index (χ4n) is 3.28. The third kappa shape index (κ3) is 3.21. The maximum atomic E-state index is 5.94. The number of para-hydroxylation sites is 1. The number of likely N-dealkylation sites (tertiary alicyclic amines) is 1. The Morgan fingerprint density at radius 2 is 2.19 bits per heavy atom. The Bertz CT molecular complexity index is 605. The summed E-state index contributed by atoms with van der Waals surface area (Å²) in [6.07, 6.45) is 3.89. The fraction of sp³-hybridized carbons (Fsp3) is 0.588. The lowest BCUT2D eigenvalue weighted by Gasteiger charge is -2.19. The van der Waals surface area contributed by atoms with Gasteiger partial charge in [0.15, 0.2) is 5.58 Å². The Morgan fingerprint density at radius 1 is 1.33 bits per heavy atom. The van der Waals surface area contributed by atoms with Crippen LogP contribution in [0.15, 0.2) is 22.6 Å². The number of rotatable bonds is 3. The molecular formula is C17H25N3O. The first kappa shape index (κ1) is 14.4. The van der Waals surface area contributed by atoms with Gasteiger partial charge in [-0.1, -0.05) is 19.9 Å². The normalized spacial score (nSPS) is 21.0. The van der Waals surface area contributed by atoms with Gasteiger partial charge in [0.05, 0.1) is 12.2 Å². The summed E-state index contributed by atoms with van der Waals surface area (Å²) in [6.45, 7) is 7.74. The summed E-state index contributed by atoms with van der Waals surface area (Å²) in [5.41, 5.74) is 8.22. The first-order valence-corrected chi connectivity index (χ1v) is 7.99. The number of hydrogen-bond donors (Lipinski definition) is 1. The molecule has 114 valence electrons. The highest BCUT2D eigenvalue weighted by atomic mass is 16.3. The molecule has 0 amide bonds. The van der Waals surface area contributed by atoms with Gasteiger partial charge in [-0.25, -0.2) is 4.98 Å². The van der Waals surface area contributed by atoms with Crippen LogP contribution in [0.1, 0.15) is 39.0 Å². The molecule has 2 heterocycles. The average molecular weight is 287 g/mol. The van der Waals surface area contributed by atoms with Crippen LogP contribution in [-0.4, -0.2) is 23.0 Å². The summed E-state index contributed by atoms with van der Waals surface area (Å²) in [4.78, 5) is 7.02. The van der Waals surface area contributed by atoms with Gasteiger partial charge in [0.25, 0.3) is 0 Å². The van der Waals surface area contributed by atoms with Gasteiger partial charge in [-0.3, -0.25) is 4.90 Å².